The maximum atomic E-state index is 12.3. The number of anilines is 1. The van der Waals surface area contributed by atoms with Crippen LogP contribution in [0, 0.1) is 0 Å². The molecule has 0 aromatic heterocycles. The number of hydrogen-bond donors (Lipinski definition) is 2. The summed E-state index contributed by atoms with van der Waals surface area (Å²) in [4.78, 5) is 24.2. The van der Waals surface area contributed by atoms with Crippen molar-refractivity contribution in [2.45, 2.75) is 33.6 Å². The molecule has 1 amide bonds. The second-order valence-electron chi connectivity index (χ2n) is 6.71. The molecule has 0 fully saturated rings. The molecule has 0 radical (unpaired) electrons. The normalized spacial score (nSPS) is 11.5. The van der Waals surface area contributed by atoms with Gasteiger partial charge in [-0.05, 0) is 74.2 Å². The number of ketones is 1. The molecule has 4 heteroatoms. The van der Waals surface area contributed by atoms with E-state index in [4.69, 9.17) is 0 Å². The molecule has 152 valence electrons. The summed E-state index contributed by atoms with van der Waals surface area (Å²) in [7, 11) is 0. The van der Waals surface area contributed by atoms with Gasteiger partial charge in [0.15, 0.2) is 5.78 Å². The largest absolute Gasteiger partial charge is 0.385 e. The smallest absolute Gasteiger partial charge is 0.251 e. The molecule has 4 nitrogen and oxygen atoms in total. The monoisotopic (exact) mass is 390 g/mol. The molecule has 0 spiro atoms. The van der Waals surface area contributed by atoms with Gasteiger partial charge in [0.1, 0.15) is 0 Å². The Morgan fingerprint density at radius 3 is 2.31 bits per heavy atom. The van der Waals surface area contributed by atoms with E-state index in [0.717, 1.165) is 35.4 Å². The number of rotatable bonds is 10. The molecule has 0 aliphatic rings. The van der Waals surface area contributed by atoms with Crippen LogP contribution < -0.4 is 10.6 Å². The minimum atomic E-state index is -0.0787. The van der Waals surface area contributed by atoms with Gasteiger partial charge < -0.3 is 10.6 Å². The SMILES string of the molecule is C/C=C(\C=C/C(=O)CCc1cccc(NCC)c1)c1ccc(C(=O)NCC)cc1. The Morgan fingerprint density at radius 2 is 1.66 bits per heavy atom. The summed E-state index contributed by atoms with van der Waals surface area (Å²) in [5, 5.41) is 6.07. The lowest BCUT2D eigenvalue weighted by Crippen LogP contribution is -2.22. The van der Waals surface area contributed by atoms with Crippen LogP contribution in [0.25, 0.3) is 5.57 Å². The summed E-state index contributed by atoms with van der Waals surface area (Å²) in [5.41, 5.74) is 4.79. The van der Waals surface area contributed by atoms with Crippen LogP contribution >= 0.6 is 0 Å². The molecule has 0 atom stereocenters. The van der Waals surface area contributed by atoms with E-state index in [0.29, 0.717) is 18.5 Å². The minimum absolute atomic E-state index is 0.0787. The molecule has 0 bridgehead atoms. The first-order chi connectivity index (χ1) is 14.1. The van der Waals surface area contributed by atoms with Gasteiger partial charge in [0, 0.05) is 30.8 Å². The topological polar surface area (TPSA) is 58.2 Å². The first kappa shape index (κ1) is 22.2. The molecular weight excluding hydrogens is 360 g/mol. The first-order valence-corrected chi connectivity index (χ1v) is 10.2. The number of allylic oxidation sites excluding steroid dienone is 4. The van der Waals surface area contributed by atoms with Crippen LogP contribution in [-0.4, -0.2) is 24.8 Å². The van der Waals surface area contributed by atoms with Gasteiger partial charge in [0.25, 0.3) is 5.91 Å². The van der Waals surface area contributed by atoms with E-state index in [9.17, 15) is 9.59 Å². The molecule has 2 rings (SSSR count). The maximum Gasteiger partial charge on any atom is 0.251 e. The Morgan fingerprint density at radius 1 is 0.931 bits per heavy atom. The zero-order valence-electron chi connectivity index (χ0n) is 17.5. The standard InChI is InChI=1S/C25H30N2O2/c1-4-20(21-11-13-22(14-12-21)25(29)27-6-3)15-17-24(28)16-10-19-8-7-9-23(18-19)26-5-2/h4,7-9,11-15,17-18,26H,5-6,10,16H2,1-3H3,(H,27,29)/b17-15-,20-4+. The summed E-state index contributed by atoms with van der Waals surface area (Å²) < 4.78 is 0. The third-order valence-corrected chi connectivity index (χ3v) is 4.55. The minimum Gasteiger partial charge on any atom is -0.385 e. The summed E-state index contributed by atoms with van der Waals surface area (Å²) in [6.07, 6.45) is 6.64. The van der Waals surface area contributed by atoms with E-state index < -0.39 is 0 Å². The Labute approximate surface area is 173 Å². The van der Waals surface area contributed by atoms with Crippen molar-refractivity contribution in [2.75, 3.05) is 18.4 Å². The van der Waals surface area contributed by atoms with Crippen molar-refractivity contribution >= 4 is 23.0 Å². The van der Waals surface area contributed by atoms with Gasteiger partial charge in [-0.3, -0.25) is 9.59 Å². The van der Waals surface area contributed by atoms with E-state index in [-0.39, 0.29) is 11.7 Å². The maximum absolute atomic E-state index is 12.3. The van der Waals surface area contributed by atoms with E-state index in [1.165, 1.54) is 0 Å². The quantitative estimate of drug-likeness (QED) is 0.442. The Bertz CT molecular complexity index is 880. The van der Waals surface area contributed by atoms with Crippen LogP contribution in [0.4, 0.5) is 5.69 Å². The fourth-order valence-electron chi connectivity index (χ4n) is 3.01. The van der Waals surface area contributed by atoms with E-state index in [2.05, 4.69) is 23.6 Å². The Kier molecular flexibility index (Phi) is 8.90. The zero-order valence-corrected chi connectivity index (χ0v) is 17.5. The highest BCUT2D eigenvalue weighted by Gasteiger charge is 2.05. The molecule has 2 N–H and O–H groups in total. The summed E-state index contributed by atoms with van der Waals surface area (Å²) in [6.45, 7) is 7.37. The van der Waals surface area contributed by atoms with Crippen LogP contribution in [0.15, 0.2) is 66.8 Å². The summed E-state index contributed by atoms with van der Waals surface area (Å²) in [6, 6.07) is 15.6. The molecule has 29 heavy (non-hydrogen) atoms. The van der Waals surface area contributed by atoms with Crippen LogP contribution in [0.2, 0.25) is 0 Å². The fourth-order valence-corrected chi connectivity index (χ4v) is 3.01. The second-order valence-corrected chi connectivity index (χ2v) is 6.71. The second kappa shape index (κ2) is 11.6. The van der Waals surface area contributed by atoms with E-state index in [1.54, 1.807) is 18.2 Å². The molecular formula is C25H30N2O2. The molecule has 0 aliphatic carbocycles. The van der Waals surface area contributed by atoms with Gasteiger partial charge in [-0.25, -0.2) is 0 Å². The molecule has 0 saturated heterocycles. The lowest BCUT2D eigenvalue weighted by molar-refractivity contribution is -0.114. The lowest BCUT2D eigenvalue weighted by Gasteiger charge is -2.06. The number of carbonyl (C=O) groups excluding carboxylic acids is 2. The fraction of sp³-hybridized carbons (Fsp3) is 0.280. The molecule has 0 saturated carbocycles. The third-order valence-electron chi connectivity index (χ3n) is 4.55. The lowest BCUT2D eigenvalue weighted by atomic mass is 10.0. The highest BCUT2D eigenvalue weighted by molar-refractivity contribution is 5.95. The van der Waals surface area contributed by atoms with E-state index >= 15 is 0 Å². The van der Waals surface area contributed by atoms with Crippen molar-refractivity contribution < 1.29 is 9.59 Å². The van der Waals surface area contributed by atoms with Crippen molar-refractivity contribution in [2.24, 2.45) is 0 Å². The van der Waals surface area contributed by atoms with Gasteiger partial charge in [0.2, 0.25) is 0 Å². The molecule has 0 aliphatic heterocycles. The molecule has 2 aromatic rings. The number of benzene rings is 2. The van der Waals surface area contributed by atoms with Crippen molar-refractivity contribution in [3.63, 3.8) is 0 Å². The number of aryl methyl sites for hydroxylation is 1. The van der Waals surface area contributed by atoms with Gasteiger partial charge in [-0.1, -0.05) is 36.4 Å². The zero-order chi connectivity index (χ0) is 21.1. The number of amides is 1. The number of nitrogens with one attached hydrogen (secondary N) is 2. The van der Waals surface area contributed by atoms with Gasteiger partial charge in [-0.15, -0.1) is 0 Å². The van der Waals surface area contributed by atoms with Crippen molar-refractivity contribution in [1.82, 2.24) is 5.32 Å². The van der Waals surface area contributed by atoms with Crippen LogP contribution in [0.1, 0.15) is 48.7 Å². The third kappa shape index (κ3) is 7.07. The highest BCUT2D eigenvalue weighted by Crippen LogP contribution is 2.17. The summed E-state index contributed by atoms with van der Waals surface area (Å²) >= 11 is 0. The van der Waals surface area contributed by atoms with Crippen molar-refractivity contribution in [1.29, 1.82) is 0 Å². The van der Waals surface area contributed by atoms with Gasteiger partial charge in [0.05, 0.1) is 0 Å². The molecule has 0 unspecified atom stereocenters. The number of hydrogen-bond acceptors (Lipinski definition) is 3. The highest BCUT2D eigenvalue weighted by atomic mass is 16.1. The van der Waals surface area contributed by atoms with Crippen LogP contribution in [-0.2, 0) is 11.2 Å². The number of carbonyl (C=O) groups is 2. The predicted octanol–water partition coefficient (Wildman–Crippen LogP) is 5.03. The van der Waals surface area contributed by atoms with E-state index in [1.807, 2.05) is 56.3 Å². The molecule has 2 aromatic carbocycles. The average molecular weight is 391 g/mol. The van der Waals surface area contributed by atoms with Crippen molar-refractivity contribution in [3.05, 3.63) is 83.4 Å². The molecule has 0 heterocycles. The summed E-state index contributed by atoms with van der Waals surface area (Å²) in [5.74, 6) is 0.0159. The van der Waals surface area contributed by atoms with Gasteiger partial charge >= 0.3 is 0 Å². The first-order valence-electron chi connectivity index (χ1n) is 10.2. The van der Waals surface area contributed by atoms with Crippen LogP contribution in [0.3, 0.4) is 0 Å². The van der Waals surface area contributed by atoms with Crippen LogP contribution in [0.5, 0.6) is 0 Å². The predicted molar refractivity (Wildman–Crippen MR) is 121 cm³/mol. The average Bonchev–Trinajstić information content (AvgIpc) is 2.74. The Hall–Kier alpha value is -3.14. The van der Waals surface area contributed by atoms with Gasteiger partial charge in [-0.2, -0.15) is 0 Å². The van der Waals surface area contributed by atoms with Crippen molar-refractivity contribution in [3.8, 4) is 0 Å². The Balaban J connectivity index is 1.95.